The average molecular weight is 395 g/mol. The van der Waals surface area contributed by atoms with Crippen molar-refractivity contribution in [2.24, 2.45) is 0 Å². The van der Waals surface area contributed by atoms with Crippen LogP contribution in [0.4, 0.5) is 4.79 Å². The van der Waals surface area contributed by atoms with E-state index in [0.29, 0.717) is 17.9 Å². The van der Waals surface area contributed by atoms with Gasteiger partial charge in [-0.3, -0.25) is 14.5 Å². The quantitative estimate of drug-likeness (QED) is 0.762. The summed E-state index contributed by atoms with van der Waals surface area (Å²) in [5, 5.41) is 2.72. The molecule has 1 N–H and O–H groups in total. The second-order valence-electron chi connectivity index (χ2n) is 7.37. The van der Waals surface area contributed by atoms with Gasteiger partial charge in [-0.05, 0) is 25.5 Å². The predicted octanol–water partition coefficient (Wildman–Crippen LogP) is 2.43. The van der Waals surface area contributed by atoms with Gasteiger partial charge in [-0.15, -0.1) is 0 Å². The summed E-state index contributed by atoms with van der Waals surface area (Å²) in [6.07, 6.45) is 0. The lowest BCUT2D eigenvalue weighted by Crippen LogP contribution is -2.43. The van der Waals surface area contributed by atoms with Crippen molar-refractivity contribution in [3.05, 3.63) is 65.2 Å². The fourth-order valence-electron chi connectivity index (χ4n) is 3.36. The lowest BCUT2D eigenvalue weighted by Gasteiger charge is -2.23. The minimum Gasteiger partial charge on any atom is -0.496 e. The molecule has 0 radical (unpaired) electrons. The zero-order valence-corrected chi connectivity index (χ0v) is 17.1. The van der Waals surface area contributed by atoms with E-state index in [2.05, 4.69) is 5.32 Å². The normalized spacial score (nSPS) is 18.6. The number of urea groups is 1. The first-order valence-electron chi connectivity index (χ1n) is 9.33. The third-order valence-corrected chi connectivity index (χ3v) is 5.22. The summed E-state index contributed by atoms with van der Waals surface area (Å²) in [6, 6.07) is 14.2. The average Bonchev–Trinajstić information content (AvgIpc) is 2.92. The van der Waals surface area contributed by atoms with Gasteiger partial charge in [-0.1, -0.05) is 48.0 Å². The van der Waals surface area contributed by atoms with Crippen LogP contribution >= 0.6 is 0 Å². The van der Waals surface area contributed by atoms with E-state index in [1.165, 1.54) is 4.90 Å². The zero-order valence-electron chi connectivity index (χ0n) is 17.1. The van der Waals surface area contributed by atoms with Crippen molar-refractivity contribution in [2.45, 2.75) is 25.9 Å². The van der Waals surface area contributed by atoms with E-state index in [1.54, 1.807) is 21.1 Å². The Morgan fingerprint density at radius 3 is 2.45 bits per heavy atom. The van der Waals surface area contributed by atoms with Gasteiger partial charge >= 0.3 is 6.03 Å². The molecular weight excluding hydrogens is 370 g/mol. The Morgan fingerprint density at radius 2 is 1.79 bits per heavy atom. The number of hydrogen-bond donors (Lipinski definition) is 1. The van der Waals surface area contributed by atoms with Crippen LogP contribution in [-0.4, -0.2) is 48.3 Å². The second kappa shape index (κ2) is 7.95. The highest BCUT2D eigenvalue weighted by Gasteiger charge is 2.49. The first kappa shape index (κ1) is 20.4. The van der Waals surface area contributed by atoms with E-state index < -0.39 is 17.5 Å². The number of aryl methyl sites for hydroxylation is 1. The molecule has 1 heterocycles. The summed E-state index contributed by atoms with van der Waals surface area (Å²) in [5.74, 6) is -0.105. The maximum absolute atomic E-state index is 13.0. The number of nitrogens with one attached hydrogen (secondary N) is 1. The first-order valence-corrected chi connectivity index (χ1v) is 9.33. The fraction of sp³-hybridized carbons (Fsp3) is 0.318. The number of nitrogens with zero attached hydrogens (tertiary/aromatic N) is 2. The SMILES string of the molecule is COc1ccccc1CN(C)C(=O)CN1C(=O)N[C@@](C)(c2ccc(C)cc2)C1=O. The number of amides is 4. The summed E-state index contributed by atoms with van der Waals surface area (Å²) in [4.78, 5) is 40.6. The van der Waals surface area contributed by atoms with Crippen molar-refractivity contribution < 1.29 is 19.1 Å². The molecule has 152 valence electrons. The topological polar surface area (TPSA) is 79.0 Å². The molecule has 0 aliphatic carbocycles. The highest BCUT2D eigenvalue weighted by Crippen LogP contribution is 2.29. The summed E-state index contributed by atoms with van der Waals surface area (Å²) < 4.78 is 5.31. The van der Waals surface area contributed by atoms with Gasteiger partial charge in [0.2, 0.25) is 5.91 Å². The van der Waals surface area contributed by atoms with Crippen LogP contribution in [0, 0.1) is 6.92 Å². The van der Waals surface area contributed by atoms with Crippen LogP contribution in [0.3, 0.4) is 0 Å². The van der Waals surface area contributed by atoms with E-state index in [0.717, 1.165) is 16.0 Å². The molecular formula is C22H25N3O4. The third-order valence-electron chi connectivity index (χ3n) is 5.22. The monoisotopic (exact) mass is 395 g/mol. The zero-order chi connectivity index (χ0) is 21.2. The summed E-state index contributed by atoms with van der Waals surface area (Å²) in [6.45, 7) is 3.59. The second-order valence-corrected chi connectivity index (χ2v) is 7.37. The van der Waals surface area contributed by atoms with Gasteiger partial charge in [0.15, 0.2) is 0 Å². The van der Waals surface area contributed by atoms with Crippen LogP contribution in [0.1, 0.15) is 23.6 Å². The van der Waals surface area contributed by atoms with Crippen LogP contribution in [0.5, 0.6) is 5.75 Å². The van der Waals surface area contributed by atoms with E-state index >= 15 is 0 Å². The molecule has 0 saturated carbocycles. The number of imide groups is 1. The Balaban J connectivity index is 1.72. The van der Waals surface area contributed by atoms with Gasteiger partial charge in [0, 0.05) is 19.2 Å². The largest absolute Gasteiger partial charge is 0.496 e. The number of hydrogen-bond acceptors (Lipinski definition) is 4. The molecule has 1 atom stereocenters. The van der Waals surface area contributed by atoms with Crippen LogP contribution in [0.25, 0.3) is 0 Å². The lowest BCUT2D eigenvalue weighted by molar-refractivity contribution is -0.138. The van der Waals surface area contributed by atoms with Crippen LogP contribution in [0.2, 0.25) is 0 Å². The molecule has 0 spiro atoms. The number of ether oxygens (including phenoxy) is 1. The number of methoxy groups -OCH3 is 1. The van der Waals surface area contributed by atoms with Gasteiger partial charge in [0.05, 0.1) is 7.11 Å². The Morgan fingerprint density at radius 1 is 1.14 bits per heavy atom. The third kappa shape index (κ3) is 3.94. The first-order chi connectivity index (χ1) is 13.8. The number of rotatable bonds is 6. The van der Waals surface area contributed by atoms with E-state index in [1.807, 2.05) is 55.5 Å². The Hall–Kier alpha value is -3.35. The van der Waals surface area contributed by atoms with Gasteiger partial charge in [-0.2, -0.15) is 0 Å². The van der Waals surface area contributed by atoms with E-state index in [9.17, 15) is 14.4 Å². The minimum absolute atomic E-state index is 0.307. The van der Waals surface area contributed by atoms with Crippen LogP contribution < -0.4 is 10.1 Å². The van der Waals surface area contributed by atoms with Crippen molar-refractivity contribution in [1.82, 2.24) is 15.1 Å². The van der Waals surface area contributed by atoms with Crippen molar-refractivity contribution in [3.63, 3.8) is 0 Å². The number of likely N-dealkylation sites (N-methyl/N-ethyl adjacent to an activating group) is 1. The number of benzene rings is 2. The number of carbonyl (C=O) groups excluding carboxylic acids is 3. The molecule has 1 aliphatic heterocycles. The molecule has 1 saturated heterocycles. The maximum atomic E-state index is 13.0. The molecule has 7 nitrogen and oxygen atoms in total. The molecule has 1 fully saturated rings. The molecule has 0 unspecified atom stereocenters. The molecule has 4 amide bonds. The lowest BCUT2D eigenvalue weighted by atomic mass is 9.91. The Kier molecular flexibility index (Phi) is 5.59. The van der Waals surface area contributed by atoms with Crippen molar-refractivity contribution in [2.75, 3.05) is 20.7 Å². The van der Waals surface area contributed by atoms with Gasteiger partial charge in [0.25, 0.3) is 5.91 Å². The van der Waals surface area contributed by atoms with Crippen molar-refractivity contribution in [3.8, 4) is 5.75 Å². The van der Waals surface area contributed by atoms with Crippen molar-refractivity contribution >= 4 is 17.8 Å². The Bertz CT molecular complexity index is 941. The van der Waals surface area contributed by atoms with E-state index in [-0.39, 0.29) is 12.5 Å². The predicted molar refractivity (Wildman–Crippen MR) is 108 cm³/mol. The van der Waals surface area contributed by atoms with Gasteiger partial charge in [0.1, 0.15) is 17.8 Å². The molecule has 2 aromatic carbocycles. The molecule has 1 aliphatic rings. The number of carbonyl (C=O) groups is 3. The van der Waals surface area contributed by atoms with Crippen LogP contribution in [0.15, 0.2) is 48.5 Å². The highest BCUT2D eigenvalue weighted by molar-refractivity contribution is 6.09. The molecule has 2 aromatic rings. The summed E-state index contributed by atoms with van der Waals surface area (Å²) >= 11 is 0. The van der Waals surface area contributed by atoms with Gasteiger partial charge in [-0.25, -0.2) is 4.79 Å². The summed E-state index contributed by atoms with van der Waals surface area (Å²) in [5.41, 5.74) is 1.39. The molecule has 7 heteroatoms. The highest BCUT2D eigenvalue weighted by atomic mass is 16.5. The molecule has 3 rings (SSSR count). The number of para-hydroxylation sites is 1. The fourth-order valence-corrected chi connectivity index (χ4v) is 3.36. The minimum atomic E-state index is -1.19. The maximum Gasteiger partial charge on any atom is 0.325 e. The Labute approximate surface area is 170 Å². The van der Waals surface area contributed by atoms with Crippen molar-refractivity contribution in [1.29, 1.82) is 0 Å². The standard InChI is InChI=1S/C22H25N3O4/c1-15-9-11-17(12-10-15)22(2)20(27)25(21(28)23-22)14-19(26)24(3)13-16-7-5-6-8-18(16)29-4/h5-12H,13-14H2,1-4H3,(H,23,28)/t22-/m0/s1. The smallest absolute Gasteiger partial charge is 0.325 e. The summed E-state index contributed by atoms with van der Waals surface area (Å²) in [7, 11) is 3.20. The van der Waals surface area contributed by atoms with Crippen LogP contribution in [-0.2, 0) is 21.7 Å². The van der Waals surface area contributed by atoms with Gasteiger partial charge < -0.3 is 15.0 Å². The van der Waals surface area contributed by atoms with E-state index in [4.69, 9.17) is 4.74 Å². The molecule has 0 aromatic heterocycles. The molecule has 29 heavy (non-hydrogen) atoms. The molecule has 0 bridgehead atoms.